The van der Waals surface area contributed by atoms with Crippen LogP contribution in [0.25, 0.3) is 5.76 Å². The van der Waals surface area contributed by atoms with Gasteiger partial charge in [-0.1, -0.05) is 54.1 Å². The second-order valence-corrected chi connectivity index (χ2v) is 8.38. The molecule has 10 heteroatoms. The average Bonchev–Trinajstić information content (AvgIpc) is 3.13. The predicted molar refractivity (Wildman–Crippen MR) is 131 cm³/mol. The Bertz CT molecular complexity index is 1370. The molecule has 1 aliphatic heterocycles. The Morgan fingerprint density at radius 3 is 2.53 bits per heavy atom. The van der Waals surface area contributed by atoms with Crippen LogP contribution >= 0.6 is 11.6 Å². The second-order valence-electron chi connectivity index (χ2n) is 7.98. The summed E-state index contributed by atoms with van der Waals surface area (Å²) in [5.41, 5.74) is 0.747. The number of hydrogen-bond acceptors (Lipinski definition) is 7. The van der Waals surface area contributed by atoms with Gasteiger partial charge in [0.25, 0.3) is 17.4 Å². The molecule has 4 rings (SSSR count). The lowest BCUT2D eigenvalue weighted by atomic mass is 9.95. The fraction of sp³-hybridized carbons (Fsp3) is 0.154. The van der Waals surface area contributed by atoms with Crippen molar-refractivity contribution in [3.05, 3.63) is 110 Å². The molecule has 1 atom stereocenters. The lowest BCUT2D eigenvalue weighted by molar-refractivity contribution is -0.384. The molecule has 1 amide bonds. The lowest BCUT2D eigenvalue weighted by Gasteiger charge is -2.24. The van der Waals surface area contributed by atoms with Crippen LogP contribution in [0.5, 0.6) is 5.75 Å². The number of rotatable bonds is 8. The van der Waals surface area contributed by atoms with Gasteiger partial charge in [-0.15, -0.1) is 0 Å². The Morgan fingerprint density at radius 1 is 1.06 bits per heavy atom. The zero-order valence-corrected chi connectivity index (χ0v) is 19.6. The molecule has 36 heavy (non-hydrogen) atoms. The average molecular weight is 509 g/mol. The predicted octanol–water partition coefficient (Wildman–Crippen LogP) is 4.24. The highest BCUT2D eigenvalue weighted by Gasteiger charge is 2.46. The SMILES string of the molecule is O=C1C(=O)N(CCO)C(c2cccc([N+](=O)[O-])c2)/C1=C(\O)c1cccc(OCc2ccccc2Cl)c1. The number of β-amino-alcohol motifs (C(OH)–C–C–N with tert-alkyl or cyclic N) is 1. The summed E-state index contributed by atoms with van der Waals surface area (Å²) in [5, 5.41) is 32.5. The number of halogens is 1. The number of nitro groups is 1. The van der Waals surface area contributed by atoms with Gasteiger partial charge in [-0.05, 0) is 23.8 Å². The zero-order valence-electron chi connectivity index (χ0n) is 18.8. The molecule has 1 unspecified atom stereocenters. The highest BCUT2D eigenvalue weighted by molar-refractivity contribution is 6.46. The maximum atomic E-state index is 13.0. The van der Waals surface area contributed by atoms with E-state index < -0.39 is 35.0 Å². The summed E-state index contributed by atoms with van der Waals surface area (Å²) in [7, 11) is 0. The van der Waals surface area contributed by atoms with E-state index >= 15 is 0 Å². The molecule has 1 heterocycles. The highest BCUT2D eigenvalue weighted by Crippen LogP contribution is 2.40. The molecule has 1 aliphatic rings. The quantitative estimate of drug-likeness (QED) is 0.153. The first kappa shape index (κ1) is 24.9. The van der Waals surface area contributed by atoms with Crippen LogP contribution in [0.4, 0.5) is 5.69 Å². The van der Waals surface area contributed by atoms with Gasteiger partial charge >= 0.3 is 0 Å². The Labute approximate surface area is 211 Å². The van der Waals surface area contributed by atoms with Crippen molar-refractivity contribution in [2.75, 3.05) is 13.2 Å². The number of amides is 1. The van der Waals surface area contributed by atoms with Gasteiger partial charge in [0.2, 0.25) is 0 Å². The van der Waals surface area contributed by atoms with Crippen LogP contribution < -0.4 is 4.74 Å². The highest BCUT2D eigenvalue weighted by atomic mass is 35.5. The molecule has 0 spiro atoms. The van der Waals surface area contributed by atoms with E-state index in [1.807, 2.05) is 12.1 Å². The zero-order chi connectivity index (χ0) is 25.8. The van der Waals surface area contributed by atoms with Crippen molar-refractivity contribution in [1.82, 2.24) is 4.90 Å². The molecule has 3 aromatic rings. The van der Waals surface area contributed by atoms with Crippen molar-refractivity contribution in [3.63, 3.8) is 0 Å². The molecule has 0 aliphatic carbocycles. The molecule has 0 radical (unpaired) electrons. The molecule has 0 saturated carbocycles. The van der Waals surface area contributed by atoms with Crippen molar-refractivity contribution < 1.29 is 29.5 Å². The maximum absolute atomic E-state index is 13.0. The molecular formula is C26H21ClN2O7. The van der Waals surface area contributed by atoms with Gasteiger partial charge in [0.15, 0.2) is 0 Å². The third kappa shape index (κ3) is 4.93. The van der Waals surface area contributed by atoms with E-state index in [1.54, 1.807) is 30.3 Å². The molecule has 0 bridgehead atoms. The van der Waals surface area contributed by atoms with E-state index in [0.29, 0.717) is 10.8 Å². The van der Waals surface area contributed by atoms with Gasteiger partial charge in [0, 0.05) is 34.8 Å². The Morgan fingerprint density at radius 2 is 1.81 bits per heavy atom. The van der Waals surface area contributed by atoms with Crippen molar-refractivity contribution in [1.29, 1.82) is 0 Å². The first-order valence-corrected chi connectivity index (χ1v) is 11.3. The number of aliphatic hydroxyl groups is 2. The molecule has 184 valence electrons. The molecule has 3 aromatic carbocycles. The molecule has 1 fully saturated rings. The summed E-state index contributed by atoms with van der Waals surface area (Å²) in [6.45, 7) is -0.474. The number of carbonyl (C=O) groups is 2. The molecular weight excluding hydrogens is 488 g/mol. The summed E-state index contributed by atoms with van der Waals surface area (Å²) < 4.78 is 5.80. The number of ether oxygens (including phenoxy) is 1. The van der Waals surface area contributed by atoms with Crippen LogP contribution in [0, 0.1) is 10.1 Å². The number of carbonyl (C=O) groups excluding carboxylic acids is 2. The molecule has 1 saturated heterocycles. The number of nitrogens with zero attached hydrogens (tertiary/aromatic N) is 2. The largest absolute Gasteiger partial charge is 0.507 e. The minimum absolute atomic E-state index is 0.165. The lowest BCUT2D eigenvalue weighted by Crippen LogP contribution is -2.32. The third-order valence-corrected chi connectivity index (χ3v) is 6.11. The van der Waals surface area contributed by atoms with Gasteiger partial charge in [-0.25, -0.2) is 0 Å². The number of hydrogen-bond donors (Lipinski definition) is 2. The Kier molecular flexibility index (Phi) is 7.33. The Hall–Kier alpha value is -4.21. The van der Waals surface area contributed by atoms with E-state index in [2.05, 4.69) is 0 Å². The number of aliphatic hydroxyl groups excluding tert-OH is 2. The van der Waals surface area contributed by atoms with Gasteiger partial charge in [-0.2, -0.15) is 0 Å². The smallest absolute Gasteiger partial charge is 0.295 e. The minimum Gasteiger partial charge on any atom is -0.507 e. The van der Waals surface area contributed by atoms with E-state index in [0.717, 1.165) is 10.5 Å². The first-order valence-electron chi connectivity index (χ1n) is 10.9. The number of non-ortho nitro benzene ring substituents is 1. The van der Waals surface area contributed by atoms with Gasteiger partial charge in [0.05, 0.1) is 23.1 Å². The first-order chi connectivity index (χ1) is 17.3. The summed E-state index contributed by atoms with van der Waals surface area (Å²) in [5.74, 6) is -1.96. The van der Waals surface area contributed by atoms with Crippen molar-refractivity contribution >= 4 is 34.7 Å². The van der Waals surface area contributed by atoms with Crippen LogP contribution in [0.1, 0.15) is 22.7 Å². The topological polar surface area (TPSA) is 130 Å². The minimum atomic E-state index is -1.12. The van der Waals surface area contributed by atoms with Crippen LogP contribution in [-0.2, 0) is 16.2 Å². The monoisotopic (exact) mass is 508 g/mol. The normalized spacial score (nSPS) is 16.8. The Balaban J connectivity index is 1.74. The van der Waals surface area contributed by atoms with Crippen LogP contribution in [0.3, 0.4) is 0 Å². The van der Waals surface area contributed by atoms with Crippen molar-refractivity contribution in [3.8, 4) is 5.75 Å². The standard InChI is InChI=1S/C26H21ClN2O7/c27-21-10-2-1-5-18(21)15-36-20-9-4-7-17(14-20)24(31)22-23(28(11-12-30)26(33)25(22)32)16-6-3-8-19(13-16)29(34)35/h1-10,13-14,23,30-31H,11-12,15H2/b24-22+. The molecule has 2 N–H and O–H groups in total. The fourth-order valence-corrected chi connectivity index (χ4v) is 4.23. The maximum Gasteiger partial charge on any atom is 0.295 e. The van der Waals surface area contributed by atoms with Crippen LogP contribution in [0.2, 0.25) is 5.02 Å². The molecule has 9 nitrogen and oxygen atoms in total. The van der Waals surface area contributed by atoms with E-state index in [-0.39, 0.29) is 35.5 Å². The number of nitro benzene ring substituents is 1. The second kappa shape index (κ2) is 10.6. The van der Waals surface area contributed by atoms with Gasteiger partial charge in [-0.3, -0.25) is 19.7 Å². The van der Waals surface area contributed by atoms with Crippen LogP contribution in [0.15, 0.2) is 78.4 Å². The van der Waals surface area contributed by atoms with E-state index in [4.69, 9.17) is 16.3 Å². The summed E-state index contributed by atoms with van der Waals surface area (Å²) in [4.78, 5) is 37.5. The number of ketones is 1. The van der Waals surface area contributed by atoms with Crippen molar-refractivity contribution in [2.24, 2.45) is 0 Å². The third-order valence-electron chi connectivity index (χ3n) is 5.74. The van der Waals surface area contributed by atoms with E-state index in [1.165, 1.54) is 30.3 Å². The van der Waals surface area contributed by atoms with Crippen molar-refractivity contribution in [2.45, 2.75) is 12.6 Å². The molecule has 0 aromatic heterocycles. The number of Topliss-reactive ketones (excluding diaryl/α,β-unsaturated/α-hetero) is 1. The summed E-state index contributed by atoms with van der Waals surface area (Å²) in [6.07, 6.45) is 0. The van der Waals surface area contributed by atoms with Gasteiger partial charge < -0.3 is 19.8 Å². The van der Waals surface area contributed by atoms with Crippen LogP contribution in [-0.4, -0.2) is 44.9 Å². The van der Waals surface area contributed by atoms with E-state index in [9.17, 15) is 29.9 Å². The summed E-state index contributed by atoms with van der Waals surface area (Å²) in [6, 6.07) is 17.8. The number of likely N-dealkylation sites (tertiary alicyclic amines) is 1. The van der Waals surface area contributed by atoms with Gasteiger partial charge in [0.1, 0.15) is 18.1 Å². The summed E-state index contributed by atoms with van der Waals surface area (Å²) >= 11 is 6.17. The fourth-order valence-electron chi connectivity index (χ4n) is 4.04. The number of benzene rings is 3.